The summed E-state index contributed by atoms with van der Waals surface area (Å²) in [5, 5.41) is 9.15. The number of hydrogen-bond acceptors (Lipinski definition) is 4. The highest BCUT2D eigenvalue weighted by Gasteiger charge is 2.24. The van der Waals surface area contributed by atoms with Crippen LogP contribution in [0.15, 0.2) is 42.6 Å². The second-order valence-electron chi connectivity index (χ2n) is 5.07. The van der Waals surface area contributed by atoms with E-state index >= 15 is 0 Å². The molecule has 0 saturated carbocycles. The lowest BCUT2D eigenvalue weighted by atomic mass is 10.0. The Bertz CT molecular complexity index is 760. The van der Waals surface area contributed by atoms with Gasteiger partial charge in [-0.05, 0) is 36.2 Å². The van der Waals surface area contributed by atoms with Gasteiger partial charge in [0.1, 0.15) is 5.82 Å². The van der Waals surface area contributed by atoms with Crippen molar-refractivity contribution in [1.29, 1.82) is 0 Å². The molecule has 0 bridgehead atoms. The zero-order valence-corrected chi connectivity index (χ0v) is 11.0. The molecule has 0 amide bonds. The quantitative estimate of drug-likeness (QED) is 0.663. The highest BCUT2D eigenvalue weighted by atomic mass is 15.4. The van der Waals surface area contributed by atoms with Gasteiger partial charge in [0.15, 0.2) is 5.65 Å². The molecular weight excluding hydrogens is 250 g/mol. The van der Waals surface area contributed by atoms with Crippen molar-refractivity contribution < 1.29 is 0 Å². The number of nitrogens with two attached hydrogens (primary N) is 1. The van der Waals surface area contributed by atoms with Crippen molar-refractivity contribution >= 4 is 22.5 Å². The van der Waals surface area contributed by atoms with Crippen molar-refractivity contribution in [3.8, 4) is 0 Å². The van der Waals surface area contributed by atoms with Crippen LogP contribution in [0.3, 0.4) is 0 Å². The summed E-state index contributed by atoms with van der Waals surface area (Å²) < 4.78 is 2.05. The van der Waals surface area contributed by atoms with Crippen molar-refractivity contribution in [2.24, 2.45) is 0 Å². The first-order valence-corrected chi connectivity index (χ1v) is 6.75. The fourth-order valence-corrected chi connectivity index (χ4v) is 2.81. The van der Waals surface area contributed by atoms with Crippen molar-refractivity contribution in [2.45, 2.75) is 12.5 Å². The molecule has 5 nitrogen and oxygen atoms in total. The summed E-state index contributed by atoms with van der Waals surface area (Å²) in [6, 6.07) is 12.3. The van der Waals surface area contributed by atoms with Crippen molar-refractivity contribution in [1.82, 2.24) is 14.8 Å². The predicted molar refractivity (Wildman–Crippen MR) is 79.6 cm³/mol. The van der Waals surface area contributed by atoms with E-state index in [4.69, 9.17) is 5.73 Å². The smallest absolute Gasteiger partial charge is 0.183 e. The molecule has 5 heteroatoms. The molecule has 1 aliphatic rings. The van der Waals surface area contributed by atoms with E-state index in [0.717, 1.165) is 35.5 Å². The van der Waals surface area contributed by atoms with Gasteiger partial charge in [0, 0.05) is 18.4 Å². The largest absolute Gasteiger partial charge is 0.399 e. The van der Waals surface area contributed by atoms with Crippen LogP contribution in [-0.2, 0) is 0 Å². The standard InChI is InChI=1S/C15H15N5/c16-11-5-3-10(4-6-11)13-7-9-18-15-12-2-1-8-17-14(12)19-20(13)15/h1-6,8,13,18H,7,9,16H2. The molecule has 2 aromatic heterocycles. The Morgan fingerprint density at radius 3 is 2.90 bits per heavy atom. The number of benzene rings is 1. The highest BCUT2D eigenvalue weighted by Crippen LogP contribution is 2.33. The van der Waals surface area contributed by atoms with Crippen molar-refractivity contribution in [2.75, 3.05) is 17.6 Å². The number of nitrogens with zero attached hydrogens (tertiary/aromatic N) is 3. The lowest BCUT2D eigenvalue weighted by molar-refractivity contribution is 0.485. The maximum atomic E-state index is 5.77. The molecule has 1 atom stereocenters. The molecule has 20 heavy (non-hydrogen) atoms. The van der Waals surface area contributed by atoms with Gasteiger partial charge in [-0.3, -0.25) is 0 Å². The fraction of sp³-hybridized carbons (Fsp3) is 0.200. The van der Waals surface area contributed by atoms with Crippen LogP contribution in [0.4, 0.5) is 11.5 Å². The van der Waals surface area contributed by atoms with Crippen LogP contribution in [0.5, 0.6) is 0 Å². The number of rotatable bonds is 1. The highest BCUT2D eigenvalue weighted by molar-refractivity contribution is 5.87. The summed E-state index contributed by atoms with van der Waals surface area (Å²) in [5.74, 6) is 1.06. The Hall–Kier alpha value is -2.56. The Morgan fingerprint density at radius 1 is 1.20 bits per heavy atom. The average molecular weight is 265 g/mol. The first kappa shape index (κ1) is 11.3. The molecular formula is C15H15N5. The molecule has 0 aliphatic carbocycles. The van der Waals surface area contributed by atoms with Crippen molar-refractivity contribution in [3.05, 3.63) is 48.2 Å². The van der Waals surface area contributed by atoms with Crippen LogP contribution < -0.4 is 11.1 Å². The number of hydrogen-bond donors (Lipinski definition) is 2. The van der Waals surface area contributed by atoms with E-state index in [9.17, 15) is 0 Å². The number of aromatic nitrogens is 3. The third-order valence-electron chi connectivity index (χ3n) is 3.80. The minimum Gasteiger partial charge on any atom is -0.399 e. The van der Waals surface area contributed by atoms with E-state index in [-0.39, 0.29) is 6.04 Å². The molecule has 100 valence electrons. The van der Waals surface area contributed by atoms with Crippen LogP contribution in [0.2, 0.25) is 0 Å². The van der Waals surface area contributed by atoms with Crippen LogP contribution in [-0.4, -0.2) is 21.3 Å². The molecule has 3 heterocycles. The maximum absolute atomic E-state index is 5.77. The van der Waals surface area contributed by atoms with E-state index in [1.54, 1.807) is 6.20 Å². The Balaban J connectivity index is 1.87. The molecule has 3 N–H and O–H groups in total. The van der Waals surface area contributed by atoms with Crippen LogP contribution >= 0.6 is 0 Å². The Kier molecular flexibility index (Phi) is 2.39. The number of pyridine rings is 1. The lowest BCUT2D eigenvalue weighted by Crippen LogP contribution is -2.24. The minimum absolute atomic E-state index is 0.237. The van der Waals surface area contributed by atoms with Gasteiger partial charge >= 0.3 is 0 Å². The first-order chi connectivity index (χ1) is 9.83. The SMILES string of the molecule is Nc1ccc(C2CCNc3c4cccnc4nn32)cc1. The predicted octanol–water partition coefficient (Wildman–Crippen LogP) is 2.42. The lowest BCUT2D eigenvalue weighted by Gasteiger charge is -2.26. The van der Waals surface area contributed by atoms with E-state index in [1.165, 1.54) is 5.56 Å². The van der Waals surface area contributed by atoms with E-state index < -0.39 is 0 Å². The minimum atomic E-state index is 0.237. The van der Waals surface area contributed by atoms with Crippen LogP contribution in [0.25, 0.3) is 11.0 Å². The van der Waals surface area contributed by atoms with Crippen LogP contribution in [0.1, 0.15) is 18.0 Å². The second kappa shape index (κ2) is 4.23. The maximum Gasteiger partial charge on any atom is 0.183 e. The number of anilines is 2. The first-order valence-electron chi connectivity index (χ1n) is 6.75. The normalized spacial score (nSPS) is 17.7. The van der Waals surface area contributed by atoms with Gasteiger partial charge in [-0.2, -0.15) is 0 Å². The molecule has 1 unspecified atom stereocenters. The number of fused-ring (bicyclic) bond motifs is 3. The zero-order chi connectivity index (χ0) is 13.5. The molecule has 1 aromatic carbocycles. The monoisotopic (exact) mass is 265 g/mol. The Morgan fingerprint density at radius 2 is 2.05 bits per heavy atom. The summed E-state index contributed by atoms with van der Waals surface area (Å²) in [4.78, 5) is 4.34. The summed E-state index contributed by atoms with van der Waals surface area (Å²) >= 11 is 0. The molecule has 4 rings (SSSR count). The summed E-state index contributed by atoms with van der Waals surface area (Å²) in [7, 11) is 0. The van der Waals surface area contributed by atoms with E-state index in [1.807, 2.05) is 22.9 Å². The third-order valence-corrected chi connectivity index (χ3v) is 3.80. The molecule has 0 saturated heterocycles. The van der Waals surface area contributed by atoms with Gasteiger partial charge < -0.3 is 11.1 Å². The average Bonchev–Trinajstić information content (AvgIpc) is 2.87. The number of nitrogen functional groups attached to an aromatic ring is 1. The molecule has 0 spiro atoms. The van der Waals surface area contributed by atoms with Gasteiger partial charge in [0.05, 0.1) is 11.4 Å². The van der Waals surface area contributed by atoms with Gasteiger partial charge in [-0.1, -0.05) is 12.1 Å². The second-order valence-corrected chi connectivity index (χ2v) is 5.07. The van der Waals surface area contributed by atoms with Crippen molar-refractivity contribution in [3.63, 3.8) is 0 Å². The van der Waals surface area contributed by atoms with Gasteiger partial charge in [0.25, 0.3) is 0 Å². The van der Waals surface area contributed by atoms with E-state index in [2.05, 4.69) is 33.6 Å². The molecule has 0 fully saturated rings. The van der Waals surface area contributed by atoms with Crippen LogP contribution in [0, 0.1) is 0 Å². The van der Waals surface area contributed by atoms with Gasteiger partial charge in [-0.15, -0.1) is 5.10 Å². The van der Waals surface area contributed by atoms with Gasteiger partial charge in [0.2, 0.25) is 0 Å². The van der Waals surface area contributed by atoms with E-state index in [0.29, 0.717) is 0 Å². The summed E-state index contributed by atoms with van der Waals surface area (Å²) in [6.45, 7) is 0.935. The fourth-order valence-electron chi connectivity index (χ4n) is 2.81. The molecule has 0 radical (unpaired) electrons. The Labute approximate surface area is 116 Å². The van der Waals surface area contributed by atoms with Gasteiger partial charge in [-0.25, -0.2) is 9.67 Å². The summed E-state index contributed by atoms with van der Waals surface area (Å²) in [5.41, 5.74) is 8.58. The number of nitrogens with one attached hydrogen (secondary N) is 1. The molecule has 3 aromatic rings. The third kappa shape index (κ3) is 1.63. The molecule has 1 aliphatic heterocycles. The zero-order valence-electron chi connectivity index (χ0n) is 11.0. The summed E-state index contributed by atoms with van der Waals surface area (Å²) in [6.07, 6.45) is 2.78. The topological polar surface area (TPSA) is 68.8 Å².